The van der Waals surface area contributed by atoms with E-state index in [2.05, 4.69) is 35.1 Å². The lowest BCUT2D eigenvalue weighted by molar-refractivity contribution is 0.291. The largest absolute Gasteiger partial charge is 0.351 e. The van der Waals surface area contributed by atoms with E-state index in [1.807, 2.05) is 0 Å². The molecular weight excluding hydrogens is 184 g/mol. The van der Waals surface area contributed by atoms with Crippen molar-refractivity contribution in [3.05, 3.63) is 24.0 Å². The Kier molecular flexibility index (Phi) is 3.84. The highest BCUT2D eigenvalue weighted by molar-refractivity contribution is 5.06. The van der Waals surface area contributed by atoms with Crippen molar-refractivity contribution in [1.29, 1.82) is 0 Å². The predicted octanol–water partition coefficient (Wildman–Crippen LogP) is 2.79. The molecule has 1 heterocycles. The first-order chi connectivity index (χ1) is 7.40. The molecular formula is C13H22N2. The van der Waals surface area contributed by atoms with E-state index in [0.717, 1.165) is 19.0 Å². The van der Waals surface area contributed by atoms with Gasteiger partial charge in [0, 0.05) is 25.0 Å². The number of rotatable bonds is 6. The van der Waals surface area contributed by atoms with Crippen molar-refractivity contribution in [2.75, 3.05) is 6.54 Å². The lowest BCUT2D eigenvalue weighted by Gasteiger charge is -2.25. The van der Waals surface area contributed by atoms with Crippen molar-refractivity contribution in [1.82, 2.24) is 9.88 Å². The number of nitrogens with zero attached hydrogens (tertiary/aromatic N) is 1. The monoisotopic (exact) mass is 206 g/mol. The molecule has 0 aromatic carbocycles. The van der Waals surface area contributed by atoms with Crippen LogP contribution >= 0.6 is 0 Å². The van der Waals surface area contributed by atoms with Crippen molar-refractivity contribution >= 4 is 0 Å². The van der Waals surface area contributed by atoms with Crippen LogP contribution in [0.2, 0.25) is 0 Å². The van der Waals surface area contributed by atoms with Crippen LogP contribution in [0.25, 0.3) is 0 Å². The summed E-state index contributed by atoms with van der Waals surface area (Å²) in [6.07, 6.45) is 7.92. The molecule has 0 atom stereocenters. The molecule has 1 N–H and O–H groups in total. The Hall–Kier alpha value is -0.760. The Labute approximate surface area is 92.7 Å². The molecule has 1 aromatic rings. The zero-order chi connectivity index (χ0) is 10.5. The molecule has 1 aliphatic rings. The van der Waals surface area contributed by atoms with Crippen LogP contribution < -0.4 is 5.32 Å². The van der Waals surface area contributed by atoms with Crippen molar-refractivity contribution in [3.8, 4) is 0 Å². The predicted molar refractivity (Wildman–Crippen MR) is 63.8 cm³/mol. The fourth-order valence-corrected chi connectivity index (χ4v) is 2.22. The summed E-state index contributed by atoms with van der Waals surface area (Å²) in [4.78, 5) is 0. The number of aryl methyl sites for hydroxylation is 1. The summed E-state index contributed by atoms with van der Waals surface area (Å²) in [7, 11) is 0. The molecule has 0 radical (unpaired) electrons. The van der Waals surface area contributed by atoms with Crippen LogP contribution in [-0.2, 0) is 13.1 Å². The van der Waals surface area contributed by atoms with E-state index in [4.69, 9.17) is 0 Å². The summed E-state index contributed by atoms with van der Waals surface area (Å²) in [6, 6.07) is 4.34. The van der Waals surface area contributed by atoms with Crippen molar-refractivity contribution in [3.63, 3.8) is 0 Å². The fourth-order valence-electron chi connectivity index (χ4n) is 2.22. The van der Waals surface area contributed by atoms with Crippen LogP contribution in [0.5, 0.6) is 0 Å². The number of nitrogens with one attached hydrogen (secondary N) is 1. The summed E-state index contributed by atoms with van der Waals surface area (Å²) in [6.45, 7) is 5.47. The summed E-state index contributed by atoms with van der Waals surface area (Å²) in [5.41, 5.74) is 1.41. The van der Waals surface area contributed by atoms with E-state index < -0.39 is 0 Å². The molecule has 2 nitrogen and oxygen atoms in total. The maximum Gasteiger partial charge on any atom is 0.0359 e. The van der Waals surface area contributed by atoms with Gasteiger partial charge in [-0.2, -0.15) is 0 Å². The van der Waals surface area contributed by atoms with Crippen LogP contribution in [0.3, 0.4) is 0 Å². The highest BCUT2D eigenvalue weighted by Crippen LogP contribution is 2.28. The number of aromatic nitrogens is 1. The van der Waals surface area contributed by atoms with Crippen molar-refractivity contribution < 1.29 is 0 Å². The zero-order valence-electron chi connectivity index (χ0n) is 9.71. The van der Waals surface area contributed by atoms with Gasteiger partial charge in [0.25, 0.3) is 0 Å². The van der Waals surface area contributed by atoms with Gasteiger partial charge in [-0.05, 0) is 37.9 Å². The number of hydrogen-bond acceptors (Lipinski definition) is 1. The van der Waals surface area contributed by atoms with E-state index in [1.165, 1.54) is 37.9 Å². The lowest BCUT2D eigenvalue weighted by Crippen LogP contribution is -2.22. The third kappa shape index (κ3) is 2.85. The van der Waals surface area contributed by atoms with Crippen LogP contribution in [-0.4, -0.2) is 11.1 Å². The Morgan fingerprint density at radius 3 is 3.00 bits per heavy atom. The average molecular weight is 206 g/mol. The van der Waals surface area contributed by atoms with E-state index in [1.54, 1.807) is 0 Å². The van der Waals surface area contributed by atoms with Gasteiger partial charge in [0.15, 0.2) is 0 Å². The number of hydrogen-bond donors (Lipinski definition) is 1. The van der Waals surface area contributed by atoms with E-state index in [0.29, 0.717) is 0 Å². The summed E-state index contributed by atoms with van der Waals surface area (Å²) < 4.78 is 2.30. The Bertz CT molecular complexity index is 286. The Morgan fingerprint density at radius 2 is 2.33 bits per heavy atom. The van der Waals surface area contributed by atoms with Crippen LogP contribution in [0.4, 0.5) is 0 Å². The highest BCUT2D eigenvalue weighted by atomic mass is 15.0. The smallest absolute Gasteiger partial charge is 0.0359 e. The minimum absolute atomic E-state index is 1.02. The molecule has 84 valence electrons. The minimum Gasteiger partial charge on any atom is -0.351 e. The SMILES string of the molecule is CCn1cccc1CNCCC1CCC1. The van der Waals surface area contributed by atoms with Gasteiger partial charge < -0.3 is 9.88 Å². The average Bonchev–Trinajstić information content (AvgIpc) is 2.62. The summed E-state index contributed by atoms with van der Waals surface area (Å²) in [5, 5.41) is 3.54. The molecule has 0 aliphatic heterocycles. The lowest BCUT2D eigenvalue weighted by atomic mass is 9.83. The van der Waals surface area contributed by atoms with Crippen LogP contribution in [0.1, 0.15) is 38.3 Å². The molecule has 0 amide bonds. The van der Waals surface area contributed by atoms with Gasteiger partial charge in [0.05, 0.1) is 0 Å². The zero-order valence-corrected chi connectivity index (χ0v) is 9.71. The first kappa shape index (κ1) is 10.7. The molecule has 0 saturated heterocycles. The quantitative estimate of drug-likeness (QED) is 0.708. The molecule has 0 spiro atoms. The normalized spacial score (nSPS) is 16.6. The molecule has 2 rings (SSSR count). The molecule has 15 heavy (non-hydrogen) atoms. The fraction of sp³-hybridized carbons (Fsp3) is 0.692. The maximum absolute atomic E-state index is 3.54. The van der Waals surface area contributed by atoms with E-state index in [9.17, 15) is 0 Å². The highest BCUT2D eigenvalue weighted by Gasteiger charge is 2.16. The van der Waals surface area contributed by atoms with Gasteiger partial charge in [-0.1, -0.05) is 19.3 Å². The van der Waals surface area contributed by atoms with Crippen LogP contribution in [0.15, 0.2) is 18.3 Å². The molecule has 1 aliphatic carbocycles. The van der Waals surface area contributed by atoms with Crippen molar-refractivity contribution in [2.45, 2.75) is 45.7 Å². The Morgan fingerprint density at radius 1 is 1.47 bits per heavy atom. The maximum atomic E-state index is 3.54. The van der Waals surface area contributed by atoms with E-state index in [-0.39, 0.29) is 0 Å². The third-order valence-electron chi connectivity index (χ3n) is 3.52. The van der Waals surface area contributed by atoms with Gasteiger partial charge >= 0.3 is 0 Å². The second kappa shape index (κ2) is 5.36. The van der Waals surface area contributed by atoms with Gasteiger partial charge in [-0.15, -0.1) is 0 Å². The van der Waals surface area contributed by atoms with E-state index >= 15 is 0 Å². The molecule has 1 aromatic heterocycles. The Balaban J connectivity index is 1.64. The molecule has 1 saturated carbocycles. The van der Waals surface area contributed by atoms with Gasteiger partial charge in [0.2, 0.25) is 0 Å². The minimum atomic E-state index is 1.02. The second-order valence-corrected chi connectivity index (χ2v) is 4.55. The van der Waals surface area contributed by atoms with Crippen LogP contribution in [0, 0.1) is 5.92 Å². The topological polar surface area (TPSA) is 17.0 Å². The van der Waals surface area contributed by atoms with Gasteiger partial charge in [-0.25, -0.2) is 0 Å². The second-order valence-electron chi connectivity index (χ2n) is 4.55. The molecule has 2 heteroatoms. The first-order valence-corrected chi connectivity index (χ1v) is 6.25. The molecule has 0 unspecified atom stereocenters. The molecule has 1 fully saturated rings. The summed E-state index contributed by atoms with van der Waals surface area (Å²) >= 11 is 0. The summed E-state index contributed by atoms with van der Waals surface area (Å²) in [5.74, 6) is 1.02. The first-order valence-electron chi connectivity index (χ1n) is 6.25. The standard InChI is InChI=1S/C13H22N2/c1-2-15-10-4-7-13(15)11-14-9-8-12-5-3-6-12/h4,7,10,12,14H,2-3,5-6,8-9,11H2,1H3. The third-order valence-corrected chi connectivity index (χ3v) is 3.52. The van der Waals surface area contributed by atoms with Crippen molar-refractivity contribution in [2.24, 2.45) is 5.92 Å². The van der Waals surface area contributed by atoms with Gasteiger partial charge in [0.1, 0.15) is 0 Å². The van der Waals surface area contributed by atoms with Gasteiger partial charge in [-0.3, -0.25) is 0 Å². The molecule has 0 bridgehead atoms.